The Labute approximate surface area is 103 Å². The lowest BCUT2D eigenvalue weighted by molar-refractivity contribution is -0.385. The van der Waals surface area contributed by atoms with Gasteiger partial charge < -0.3 is 5.32 Å². The van der Waals surface area contributed by atoms with E-state index in [1.165, 1.54) is 18.2 Å². The van der Waals surface area contributed by atoms with Gasteiger partial charge in [0.05, 0.1) is 4.92 Å². The van der Waals surface area contributed by atoms with E-state index in [1.54, 1.807) is 6.92 Å². The average Bonchev–Trinajstić information content (AvgIpc) is 2.24. The van der Waals surface area contributed by atoms with Gasteiger partial charge in [-0.2, -0.15) is 0 Å². The van der Waals surface area contributed by atoms with Crippen molar-refractivity contribution in [1.82, 2.24) is 5.32 Å². The number of halogens is 1. The number of nitrogens with one attached hydrogen (secondary N) is 1. The van der Waals surface area contributed by atoms with Crippen LogP contribution >= 0.6 is 11.6 Å². The molecule has 0 radical (unpaired) electrons. The van der Waals surface area contributed by atoms with Crippen LogP contribution in [0.3, 0.4) is 0 Å². The largest absolute Gasteiger partial charge is 0.348 e. The van der Waals surface area contributed by atoms with Crippen molar-refractivity contribution in [3.63, 3.8) is 0 Å². The third kappa shape index (κ3) is 3.29. The summed E-state index contributed by atoms with van der Waals surface area (Å²) >= 11 is 5.69. The summed E-state index contributed by atoms with van der Waals surface area (Å²) < 4.78 is 0. The number of rotatable bonds is 4. The number of carbonyl (C=O) groups is 1. The van der Waals surface area contributed by atoms with Crippen LogP contribution in [0.25, 0.3) is 0 Å². The molecule has 0 aliphatic rings. The minimum absolute atomic E-state index is 0.0521. The van der Waals surface area contributed by atoms with Gasteiger partial charge in [0.2, 0.25) is 0 Å². The SMILES string of the molecule is C=C(C)CNC(=O)c1cccc(Cl)c1[N+](=O)[O-]. The Kier molecular flexibility index (Phi) is 4.23. The van der Waals surface area contributed by atoms with Crippen molar-refractivity contribution in [2.45, 2.75) is 6.92 Å². The van der Waals surface area contributed by atoms with E-state index in [9.17, 15) is 14.9 Å². The fourth-order valence-corrected chi connectivity index (χ4v) is 1.45. The van der Waals surface area contributed by atoms with Gasteiger partial charge >= 0.3 is 5.69 Å². The number of carbonyl (C=O) groups excluding carboxylic acids is 1. The number of amides is 1. The Bertz CT molecular complexity index is 486. The van der Waals surface area contributed by atoms with E-state index in [4.69, 9.17) is 11.6 Å². The van der Waals surface area contributed by atoms with E-state index < -0.39 is 10.8 Å². The summed E-state index contributed by atoms with van der Waals surface area (Å²) in [4.78, 5) is 21.9. The molecule has 0 saturated carbocycles. The second-order valence-electron chi connectivity index (χ2n) is 3.53. The topological polar surface area (TPSA) is 72.2 Å². The van der Waals surface area contributed by atoms with Crippen molar-refractivity contribution >= 4 is 23.2 Å². The number of hydrogen-bond donors (Lipinski definition) is 1. The summed E-state index contributed by atoms with van der Waals surface area (Å²) in [6, 6.07) is 4.22. The van der Waals surface area contributed by atoms with E-state index in [2.05, 4.69) is 11.9 Å². The third-order valence-corrected chi connectivity index (χ3v) is 2.27. The summed E-state index contributed by atoms with van der Waals surface area (Å²) in [5.74, 6) is -0.540. The zero-order valence-electron chi connectivity index (χ0n) is 9.20. The maximum Gasteiger partial charge on any atom is 0.300 e. The molecule has 0 aliphatic carbocycles. The molecule has 0 bridgehead atoms. The van der Waals surface area contributed by atoms with E-state index in [-0.39, 0.29) is 22.8 Å². The molecule has 6 heteroatoms. The lowest BCUT2D eigenvalue weighted by Crippen LogP contribution is -2.25. The Morgan fingerprint density at radius 2 is 2.24 bits per heavy atom. The summed E-state index contributed by atoms with van der Waals surface area (Å²) in [5, 5.41) is 13.3. The molecule has 1 aromatic rings. The first kappa shape index (κ1) is 13.2. The highest BCUT2D eigenvalue weighted by Gasteiger charge is 2.23. The zero-order chi connectivity index (χ0) is 13.0. The first-order chi connectivity index (χ1) is 7.93. The molecule has 0 heterocycles. The second-order valence-corrected chi connectivity index (χ2v) is 3.94. The lowest BCUT2D eigenvalue weighted by atomic mass is 10.1. The van der Waals surface area contributed by atoms with Gasteiger partial charge in [-0.1, -0.05) is 29.8 Å². The maximum atomic E-state index is 11.7. The van der Waals surface area contributed by atoms with Crippen LogP contribution < -0.4 is 5.32 Å². The first-order valence-electron chi connectivity index (χ1n) is 4.79. The number of benzene rings is 1. The molecule has 1 aromatic carbocycles. The van der Waals surface area contributed by atoms with Crippen LogP contribution in [0.1, 0.15) is 17.3 Å². The number of para-hydroxylation sites is 1. The highest BCUT2D eigenvalue weighted by atomic mass is 35.5. The van der Waals surface area contributed by atoms with Gasteiger partial charge in [-0.25, -0.2) is 0 Å². The average molecular weight is 255 g/mol. The molecule has 0 aromatic heterocycles. The minimum atomic E-state index is -0.669. The fraction of sp³-hybridized carbons (Fsp3) is 0.182. The van der Waals surface area contributed by atoms with Gasteiger partial charge in [0.1, 0.15) is 10.6 Å². The number of nitro benzene ring substituents is 1. The molecule has 90 valence electrons. The first-order valence-corrected chi connectivity index (χ1v) is 5.16. The van der Waals surface area contributed by atoms with E-state index in [0.29, 0.717) is 0 Å². The number of hydrogen-bond acceptors (Lipinski definition) is 3. The quantitative estimate of drug-likeness (QED) is 0.510. The van der Waals surface area contributed by atoms with Crippen LogP contribution in [-0.2, 0) is 0 Å². The number of nitrogens with zero attached hydrogens (tertiary/aromatic N) is 1. The summed E-state index contributed by atoms with van der Waals surface area (Å²) in [6.45, 7) is 5.63. The van der Waals surface area contributed by atoms with Gasteiger partial charge in [-0.3, -0.25) is 14.9 Å². The molecule has 1 N–H and O–H groups in total. The van der Waals surface area contributed by atoms with E-state index in [0.717, 1.165) is 5.57 Å². The summed E-state index contributed by atoms with van der Waals surface area (Å²) in [6.07, 6.45) is 0. The normalized spacial score (nSPS) is 9.76. The van der Waals surface area contributed by atoms with Crippen molar-refractivity contribution in [3.8, 4) is 0 Å². The van der Waals surface area contributed by atoms with Crippen molar-refractivity contribution < 1.29 is 9.72 Å². The lowest BCUT2D eigenvalue weighted by Gasteiger charge is -2.06. The van der Waals surface area contributed by atoms with Crippen molar-refractivity contribution in [3.05, 3.63) is 51.1 Å². The van der Waals surface area contributed by atoms with Crippen LogP contribution in [-0.4, -0.2) is 17.4 Å². The highest BCUT2D eigenvalue weighted by Crippen LogP contribution is 2.27. The summed E-state index contributed by atoms with van der Waals surface area (Å²) in [7, 11) is 0. The van der Waals surface area contributed by atoms with Crippen LogP contribution in [0, 0.1) is 10.1 Å². The van der Waals surface area contributed by atoms with E-state index in [1.807, 2.05) is 0 Å². The van der Waals surface area contributed by atoms with Crippen LogP contribution in [0.4, 0.5) is 5.69 Å². The second kappa shape index (κ2) is 5.45. The van der Waals surface area contributed by atoms with Gasteiger partial charge in [0.25, 0.3) is 5.91 Å². The van der Waals surface area contributed by atoms with Crippen LogP contribution in [0.5, 0.6) is 0 Å². The Hall–Kier alpha value is -1.88. The Balaban J connectivity index is 3.05. The molecule has 0 aliphatic heterocycles. The van der Waals surface area contributed by atoms with Gasteiger partial charge in [-0.15, -0.1) is 0 Å². The maximum absolute atomic E-state index is 11.7. The monoisotopic (exact) mass is 254 g/mol. The molecule has 0 saturated heterocycles. The predicted octanol–water partition coefficient (Wildman–Crippen LogP) is 2.55. The standard InChI is InChI=1S/C11H11ClN2O3/c1-7(2)6-13-11(15)8-4-3-5-9(12)10(8)14(16)17/h3-5H,1,6H2,2H3,(H,13,15). The predicted molar refractivity (Wildman–Crippen MR) is 65.3 cm³/mol. The molecule has 0 unspecified atom stereocenters. The fourth-order valence-electron chi connectivity index (χ4n) is 1.21. The van der Waals surface area contributed by atoms with Crippen molar-refractivity contribution in [2.75, 3.05) is 6.54 Å². The molecule has 1 amide bonds. The summed E-state index contributed by atoms with van der Waals surface area (Å²) in [5.41, 5.74) is 0.320. The third-order valence-electron chi connectivity index (χ3n) is 1.96. The van der Waals surface area contributed by atoms with E-state index >= 15 is 0 Å². The zero-order valence-corrected chi connectivity index (χ0v) is 9.95. The van der Waals surface area contributed by atoms with Crippen LogP contribution in [0.15, 0.2) is 30.4 Å². The molecular weight excluding hydrogens is 244 g/mol. The molecule has 0 spiro atoms. The van der Waals surface area contributed by atoms with Crippen molar-refractivity contribution in [2.24, 2.45) is 0 Å². The molecule has 0 atom stereocenters. The Morgan fingerprint density at radius 1 is 1.59 bits per heavy atom. The van der Waals surface area contributed by atoms with Gasteiger partial charge in [0, 0.05) is 6.54 Å². The molecular formula is C11H11ClN2O3. The molecule has 0 fully saturated rings. The molecule has 5 nitrogen and oxygen atoms in total. The van der Waals surface area contributed by atoms with Gasteiger partial charge in [0.15, 0.2) is 0 Å². The van der Waals surface area contributed by atoms with Gasteiger partial charge in [-0.05, 0) is 19.1 Å². The van der Waals surface area contributed by atoms with Crippen LogP contribution in [0.2, 0.25) is 5.02 Å². The molecule has 1 rings (SSSR count). The number of nitro groups is 1. The minimum Gasteiger partial charge on any atom is -0.348 e. The smallest absolute Gasteiger partial charge is 0.300 e. The Morgan fingerprint density at radius 3 is 2.76 bits per heavy atom. The highest BCUT2D eigenvalue weighted by molar-refractivity contribution is 6.33. The molecule has 17 heavy (non-hydrogen) atoms. The van der Waals surface area contributed by atoms with Crippen molar-refractivity contribution in [1.29, 1.82) is 0 Å².